The van der Waals surface area contributed by atoms with E-state index in [4.69, 9.17) is 4.98 Å². The van der Waals surface area contributed by atoms with E-state index < -0.39 is 0 Å². The molecule has 1 aliphatic heterocycles. The van der Waals surface area contributed by atoms with Gasteiger partial charge in [0.1, 0.15) is 0 Å². The van der Waals surface area contributed by atoms with Crippen LogP contribution >= 0.6 is 23.1 Å². The zero-order valence-electron chi connectivity index (χ0n) is 11.5. The fraction of sp³-hybridized carbons (Fsp3) is 0.769. The summed E-state index contributed by atoms with van der Waals surface area (Å²) in [7, 11) is 0. The van der Waals surface area contributed by atoms with Crippen LogP contribution in [-0.4, -0.2) is 35.6 Å². The Morgan fingerprint density at radius 3 is 3.17 bits per heavy atom. The average Bonchev–Trinajstić information content (AvgIpc) is 2.86. The molecular weight excluding hydrogens is 262 g/mol. The molecule has 2 unspecified atom stereocenters. The first-order valence-corrected chi connectivity index (χ1v) is 8.79. The molecule has 1 aromatic rings. The normalized spacial score (nSPS) is 22.2. The van der Waals surface area contributed by atoms with E-state index in [1.54, 1.807) is 11.3 Å². The molecule has 1 N–H and O–H groups in total. The van der Waals surface area contributed by atoms with E-state index in [1.807, 2.05) is 11.8 Å². The van der Waals surface area contributed by atoms with Crippen molar-refractivity contribution >= 4 is 28.2 Å². The lowest BCUT2D eigenvalue weighted by Crippen LogP contribution is -2.40. The highest BCUT2D eigenvalue weighted by molar-refractivity contribution is 7.99. The summed E-state index contributed by atoms with van der Waals surface area (Å²) in [6, 6.07) is 0.978. The maximum absolute atomic E-state index is 4.81. The summed E-state index contributed by atoms with van der Waals surface area (Å²) in [5.41, 5.74) is 1.19. The minimum atomic E-state index is 0.365. The van der Waals surface area contributed by atoms with Crippen LogP contribution in [0.3, 0.4) is 0 Å². The highest BCUT2D eigenvalue weighted by Gasteiger charge is 2.22. The summed E-state index contributed by atoms with van der Waals surface area (Å²) >= 11 is 3.84. The smallest absolute Gasteiger partial charge is 0.185 e. The Hall–Kier alpha value is -0.260. The summed E-state index contributed by atoms with van der Waals surface area (Å²) in [6.45, 7) is 8.88. The molecule has 0 saturated carbocycles. The fourth-order valence-electron chi connectivity index (χ4n) is 2.08. The summed E-state index contributed by atoms with van der Waals surface area (Å²) in [5, 5.41) is 6.90. The van der Waals surface area contributed by atoms with E-state index in [-0.39, 0.29) is 0 Å². The van der Waals surface area contributed by atoms with Gasteiger partial charge < -0.3 is 10.2 Å². The molecular formula is C13H23N3S2. The second-order valence-corrected chi connectivity index (χ2v) is 6.83. The Bertz CT molecular complexity index is 367. The molecule has 3 nitrogen and oxygen atoms in total. The molecule has 2 heterocycles. The Morgan fingerprint density at radius 2 is 2.44 bits per heavy atom. The van der Waals surface area contributed by atoms with Gasteiger partial charge in [0.2, 0.25) is 0 Å². The number of anilines is 1. The van der Waals surface area contributed by atoms with Gasteiger partial charge in [-0.2, -0.15) is 11.8 Å². The number of nitrogens with one attached hydrogen (secondary N) is 1. The van der Waals surface area contributed by atoms with Crippen LogP contribution in [0.1, 0.15) is 38.9 Å². The Kier molecular flexibility index (Phi) is 5.33. The van der Waals surface area contributed by atoms with Crippen LogP contribution in [0, 0.1) is 0 Å². The van der Waals surface area contributed by atoms with Crippen molar-refractivity contribution in [3.05, 3.63) is 11.1 Å². The lowest BCUT2D eigenvalue weighted by molar-refractivity contribution is 0.560. The number of aromatic nitrogens is 1. The number of rotatable bonds is 5. The molecule has 1 saturated heterocycles. The quantitative estimate of drug-likeness (QED) is 0.899. The summed E-state index contributed by atoms with van der Waals surface area (Å²) in [4.78, 5) is 7.27. The van der Waals surface area contributed by atoms with Gasteiger partial charge in [-0.1, -0.05) is 6.92 Å². The molecule has 0 aromatic carbocycles. The standard InChI is InChI=1S/C13H23N3S2/c1-4-5-14-11(3)12-9-18-13(15-12)16-6-7-17-8-10(16)2/h9-11,14H,4-8H2,1-3H3. The summed E-state index contributed by atoms with van der Waals surface area (Å²) in [5.74, 6) is 2.45. The van der Waals surface area contributed by atoms with Crippen molar-refractivity contribution in [1.82, 2.24) is 10.3 Å². The lowest BCUT2D eigenvalue weighted by atomic mass is 10.2. The van der Waals surface area contributed by atoms with E-state index >= 15 is 0 Å². The predicted molar refractivity (Wildman–Crippen MR) is 83.0 cm³/mol. The molecule has 1 fully saturated rings. The molecule has 0 radical (unpaired) electrons. The average molecular weight is 285 g/mol. The predicted octanol–water partition coefficient (Wildman–Crippen LogP) is 3.15. The van der Waals surface area contributed by atoms with Crippen LogP contribution in [0.25, 0.3) is 0 Å². The number of hydrogen-bond donors (Lipinski definition) is 1. The molecule has 1 aliphatic rings. The van der Waals surface area contributed by atoms with Crippen LogP contribution in [-0.2, 0) is 0 Å². The molecule has 18 heavy (non-hydrogen) atoms. The van der Waals surface area contributed by atoms with Crippen molar-refractivity contribution in [2.75, 3.05) is 29.5 Å². The van der Waals surface area contributed by atoms with Gasteiger partial charge in [0.25, 0.3) is 0 Å². The second kappa shape index (κ2) is 6.78. The number of hydrogen-bond acceptors (Lipinski definition) is 5. The van der Waals surface area contributed by atoms with Crippen LogP contribution < -0.4 is 10.2 Å². The molecule has 0 spiro atoms. The molecule has 0 amide bonds. The topological polar surface area (TPSA) is 28.2 Å². The van der Waals surface area contributed by atoms with Crippen molar-refractivity contribution in [2.45, 2.75) is 39.3 Å². The van der Waals surface area contributed by atoms with E-state index in [0.717, 1.165) is 13.1 Å². The number of nitrogens with zero attached hydrogens (tertiary/aromatic N) is 2. The Balaban J connectivity index is 2.00. The third kappa shape index (κ3) is 3.39. The van der Waals surface area contributed by atoms with E-state index in [2.05, 4.69) is 36.4 Å². The highest BCUT2D eigenvalue weighted by Crippen LogP contribution is 2.28. The molecule has 1 aromatic heterocycles. The van der Waals surface area contributed by atoms with Gasteiger partial charge >= 0.3 is 0 Å². The van der Waals surface area contributed by atoms with Crippen molar-refractivity contribution in [1.29, 1.82) is 0 Å². The van der Waals surface area contributed by atoms with Crippen molar-refractivity contribution in [3.8, 4) is 0 Å². The maximum Gasteiger partial charge on any atom is 0.185 e. The van der Waals surface area contributed by atoms with Crippen molar-refractivity contribution in [3.63, 3.8) is 0 Å². The van der Waals surface area contributed by atoms with E-state index in [0.29, 0.717) is 12.1 Å². The van der Waals surface area contributed by atoms with Gasteiger partial charge in [0.05, 0.1) is 5.69 Å². The SMILES string of the molecule is CCCNC(C)c1csc(N2CCSCC2C)n1. The van der Waals surface area contributed by atoms with Gasteiger partial charge in [0, 0.05) is 35.5 Å². The van der Waals surface area contributed by atoms with Crippen LogP contribution in [0.2, 0.25) is 0 Å². The molecule has 5 heteroatoms. The summed E-state index contributed by atoms with van der Waals surface area (Å²) in [6.07, 6.45) is 1.17. The molecule has 2 rings (SSSR count). The highest BCUT2D eigenvalue weighted by atomic mass is 32.2. The third-order valence-electron chi connectivity index (χ3n) is 3.27. The van der Waals surface area contributed by atoms with E-state index in [1.165, 1.54) is 28.8 Å². The monoisotopic (exact) mass is 285 g/mol. The van der Waals surface area contributed by atoms with Gasteiger partial charge in [0.15, 0.2) is 5.13 Å². The molecule has 2 atom stereocenters. The lowest BCUT2D eigenvalue weighted by Gasteiger charge is -2.32. The molecule has 0 aliphatic carbocycles. The number of thioether (sulfide) groups is 1. The first-order valence-electron chi connectivity index (χ1n) is 6.75. The number of thiazole rings is 1. The Morgan fingerprint density at radius 1 is 1.61 bits per heavy atom. The van der Waals surface area contributed by atoms with Crippen molar-refractivity contribution < 1.29 is 0 Å². The third-order valence-corrected chi connectivity index (χ3v) is 5.35. The minimum absolute atomic E-state index is 0.365. The first kappa shape index (κ1) is 14.2. The summed E-state index contributed by atoms with van der Waals surface area (Å²) < 4.78 is 0. The first-order chi connectivity index (χ1) is 8.72. The molecule has 102 valence electrons. The van der Waals surface area contributed by atoms with Crippen molar-refractivity contribution in [2.24, 2.45) is 0 Å². The van der Waals surface area contributed by atoms with E-state index in [9.17, 15) is 0 Å². The second-order valence-electron chi connectivity index (χ2n) is 4.85. The van der Waals surface area contributed by atoms with Gasteiger partial charge in [-0.15, -0.1) is 11.3 Å². The zero-order valence-corrected chi connectivity index (χ0v) is 13.1. The van der Waals surface area contributed by atoms with Gasteiger partial charge in [-0.3, -0.25) is 0 Å². The van der Waals surface area contributed by atoms with Gasteiger partial charge in [-0.25, -0.2) is 4.98 Å². The van der Waals surface area contributed by atoms with Gasteiger partial charge in [-0.05, 0) is 26.8 Å². The van der Waals surface area contributed by atoms with Crippen LogP contribution in [0.15, 0.2) is 5.38 Å². The molecule has 0 bridgehead atoms. The minimum Gasteiger partial charge on any atom is -0.344 e. The fourth-order valence-corrected chi connectivity index (χ4v) is 4.15. The van der Waals surface area contributed by atoms with Crippen LogP contribution in [0.5, 0.6) is 0 Å². The maximum atomic E-state index is 4.81. The Labute approximate surface area is 118 Å². The largest absolute Gasteiger partial charge is 0.344 e. The zero-order chi connectivity index (χ0) is 13.0. The van der Waals surface area contributed by atoms with Crippen LogP contribution in [0.4, 0.5) is 5.13 Å².